The third-order valence-electron chi connectivity index (χ3n) is 3.08. The Bertz CT molecular complexity index is 340. The van der Waals surface area contributed by atoms with Gasteiger partial charge in [0.15, 0.2) is 0 Å². The molecule has 1 rings (SSSR count). The van der Waals surface area contributed by atoms with Crippen molar-refractivity contribution in [3.63, 3.8) is 0 Å². The molecule has 19 heavy (non-hydrogen) atoms. The molecule has 108 valence electrons. The molecule has 1 aliphatic rings. The van der Waals surface area contributed by atoms with Crippen molar-refractivity contribution in [2.45, 2.75) is 25.7 Å². The molecule has 2 N–H and O–H groups in total. The molecular weight excluding hydrogens is 250 g/mol. The zero-order valence-corrected chi connectivity index (χ0v) is 11.2. The number of likely N-dealkylation sites (tertiary alicyclic amines) is 1. The van der Waals surface area contributed by atoms with E-state index in [4.69, 9.17) is 5.11 Å². The number of carboxylic acid groups (broad SMARTS) is 1. The zero-order chi connectivity index (χ0) is 14.3. The molecule has 7 nitrogen and oxygen atoms in total. The maximum absolute atomic E-state index is 11.7. The summed E-state index contributed by atoms with van der Waals surface area (Å²) in [5.41, 5.74) is 0. The van der Waals surface area contributed by atoms with E-state index in [1.54, 1.807) is 11.9 Å². The minimum atomic E-state index is -0.877. The van der Waals surface area contributed by atoms with Crippen LogP contribution in [-0.4, -0.2) is 66.0 Å². The fourth-order valence-corrected chi connectivity index (χ4v) is 1.93. The number of carbonyl (C=O) groups excluding carboxylic acids is 2. The van der Waals surface area contributed by atoms with Crippen molar-refractivity contribution < 1.29 is 19.5 Å². The predicted molar refractivity (Wildman–Crippen MR) is 68.7 cm³/mol. The summed E-state index contributed by atoms with van der Waals surface area (Å²) in [6.07, 6.45) is 2.48. The number of aliphatic carboxylic acids is 1. The molecule has 0 aromatic carbocycles. The minimum absolute atomic E-state index is 0.00209. The van der Waals surface area contributed by atoms with Crippen LogP contribution in [0.1, 0.15) is 25.7 Å². The van der Waals surface area contributed by atoms with Gasteiger partial charge < -0.3 is 20.2 Å². The summed E-state index contributed by atoms with van der Waals surface area (Å²) in [6, 6.07) is -0.349. The summed E-state index contributed by atoms with van der Waals surface area (Å²) in [4.78, 5) is 36.8. The number of hydrogen-bond donors (Lipinski definition) is 2. The van der Waals surface area contributed by atoms with Crippen LogP contribution in [-0.2, 0) is 9.59 Å². The second-order valence-corrected chi connectivity index (χ2v) is 4.67. The van der Waals surface area contributed by atoms with Crippen LogP contribution in [0, 0.1) is 0 Å². The Morgan fingerprint density at radius 3 is 2.47 bits per heavy atom. The first-order chi connectivity index (χ1) is 9.00. The van der Waals surface area contributed by atoms with Crippen LogP contribution < -0.4 is 5.32 Å². The smallest absolute Gasteiger partial charge is 0.317 e. The van der Waals surface area contributed by atoms with E-state index < -0.39 is 5.97 Å². The molecule has 0 spiro atoms. The van der Waals surface area contributed by atoms with Gasteiger partial charge in [-0.25, -0.2) is 4.79 Å². The average molecular weight is 271 g/mol. The molecule has 0 aliphatic carbocycles. The van der Waals surface area contributed by atoms with Gasteiger partial charge in [-0.2, -0.15) is 0 Å². The third-order valence-corrected chi connectivity index (χ3v) is 3.08. The van der Waals surface area contributed by atoms with Crippen molar-refractivity contribution >= 4 is 17.9 Å². The fourth-order valence-electron chi connectivity index (χ4n) is 1.93. The Hall–Kier alpha value is -1.79. The number of carbonyl (C=O) groups is 3. The normalized spacial score (nSPS) is 14.3. The van der Waals surface area contributed by atoms with Crippen molar-refractivity contribution in [3.8, 4) is 0 Å². The van der Waals surface area contributed by atoms with Gasteiger partial charge in [-0.1, -0.05) is 0 Å². The first-order valence-corrected chi connectivity index (χ1v) is 6.49. The lowest BCUT2D eigenvalue weighted by atomic mass is 10.3. The van der Waals surface area contributed by atoms with E-state index in [1.165, 1.54) is 4.90 Å². The van der Waals surface area contributed by atoms with Gasteiger partial charge in [0.2, 0.25) is 5.91 Å². The molecule has 1 fully saturated rings. The monoisotopic (exact) mass is 271 g/mol. The van der Waals surface area contributed by atoms with Crippen LogP contribution in [0.5, 0.6) is 0 Å². The highest BCUT2D eigenvalue weighted by molar-refractivity contribution is 5.84. The lowest BCUT2D eigenvalue weighted by molar-refractivity contribution is -0.137. The Morgan fingerprint density at radius 1 is 1.26 bits per heavy atom. The van der Waals surface area contributed by atoms with Crippen molar-refractivity contribution in [2.24, 2.45) is 0 Å². The quantitative estimate of drug-likeness (QED) is 0.717. The Balaban J connectivity index is 2.18. The van der Waals surface area contributed by atoms with E-state index in [-0.39, 0.29) is 24.9 Å². The van der Waals surface area contributed by atoms with E-state index in [1.807, 2.05) is 0 Å². The number of rotatable bonds is 6. The molecular formula is C12H21N3O4. The first kappa shape index (κ1) is 15.3. The molecule has 0 radical (unpaired) electrons. The molecule has 1 aliphatic heterocycles. The Morgan fingerprint density at radius 2 is 1.89 bits per heavy atom. The Kier molecular flexibility index (Phi) is 6.11. The van der Waals surface area contributed by atoms with Crippen molar-refractivity contribution in [3.05, 3.63) is 0 Å². The molecule has 0 saturated carbocycles. The number of nitrogens with zero attached hydrogens (tertiary/aromatic N) is 2. The molecule has 0 bridgehead atoms. The molecule has 1 saturated heterocycles. The summed E-state index contributed by atoms with van der Waals surface area (Å²) in [7, 11) is 1.58. The summed E-state index contributed by atoms with van der Waals surface area (Å²) < 4.78 is 0. The van der Waals surface area contributed by atoms with Crippen molar-refractivity contribution in [2.75, 3.05) is 33.2 Å². The van der Waals surface area contributed by atoms with E-state index in [2.05, 4.69) is 5.32 Å². The molecule has 7 heteroatoms. The molecule has 1 heterocycles. The number of urea groups is 1. The van der Waals surface area contributed by atoms with Gasteiger partial charge in [0.25, 0.3) is 0 Å². The van der Waals surface area contributed by atoms with Gasteiger partial charge in [-0.3, -0.25) is 9.59 Å². The first-order valence-electron chi connectivity index (χ1n) is 6.49. The number of amides is 3. The summed E-state index contributed by atoms with van der Waals surface area (Å²) >= 11 is 0. The standard InChI is InChI=1S/C12H21N3O4/c1-14(6-4-5-11(17)18)12(19)13-9-10(16)15-7-2-3-8-15/h2-9H2,1H3,(H,13,19)(H,17,18). The topological polar surface area (TPSA) is 90.0 Å². The van der Waals surface area contributed by atoms with Gasteiger partial charge in [-0.15, -0.1) is 0 Å². The maximum Gasteiger partial charge on any atom is 0.317 e. The lowest BCUT2D eigenvalue weighted by Crippen LogP contribution is -2.43. The average Bonchev–Trinajstić information content (AvgIpc) is 2.88. The second kappa shape index (κ2) is 7.60. The predicted octanol–water partition coefficient (Wildman–Crippen LogP) is 0.115. The highest BCUT2D eigenvalue weighted by atomic mass is 16.4. The SMILES string of the molecule is CN(CCCC(=O)O)C(=O)NCC(=O)N1CCCC1. The molecule has 3 amide bonds. The summed E-state index contributed by atoms with van der Waals surface area (Å²) in [5, 5.41) is 11.0. The molecule has 0 aromatic rings. The van der Waals surface area contributed by atoms with Gasteiger partial charge in [0.1, 0.15) is 0 Å². The highest BCUT2D eigenvalue weighted by Gasteiger charge is 2.18. The lowest BCUT2D eigenvalue weighted by Gasteiger charge is -2.19. The van der Waals surface area contributed by atoms with Crippen LogP contribution in [0.4, 0.5) is 4.79 Å². The van der Waals surface area contributed by atoms with Gasteiger partial charge in [0.05, 0.1) is 6.54 Å². The molecule has 0 unspecified atom stereocenters. The Labute approximate surface area is 112 Å². The second-order valence-electron chi connectivity index (χ2n) is 4.67. The van der Waals surface area contributed by atoms with Crippen LogP contribution in [0.15, 0.2) is 0 Å². The van der Waals surface area contributed by atoms with Crippen molar-refractivity contribution in [1.82, 2.24) is 15.1 Å². The van der Waals surface area contributed by atoms with Gasteiger partial charge >= 0.3 is 12.0 Å². The van der Waals surface area contributed by atoms with Gasteiger partial charge in [0, 0.05) is 33.1 Å². The van der Waals surface area contributed by atoms with E-state index in [9.17, 15) is 14.4 Å². The van der Waals surface area contributed by atoms with Crippen LogP contribution in [0.2, 0.25) is 0 Å². The third kappa shape index (κ3) is 5.58. The fraction of sp³-hybridized carbons (Fsp3) is 0.750. The molecule has 0 aromatic heterocycles. The number of hydrogen-bond acceptors (Lipinski definition) is 3. The number of nitrogens with one attached hydrogen (secondary N) is 1. The molecule has 0 atom stereocenters. The summed E-state index contributed by atoms with van der Waals surface area (Å²) in [6.45, 7) is 1.89. The van der Waals surface area contributed by atoms with Gasteiger partial charge in [-0.05, 0) is 19.3 Å². The largest absolute Gasteiger partial charge is 0.481 e. The van der Waals surface area contributed by atoms with Crippen LogP contribution in [0.25, 0.3) is 0 Å². The summed E-state index contributed by atoms with van der Waals surface area (Å²) in [5.74, 6) is -0.942. The minimum Gasteiger partial charge on any atom is -0.481 e. The highest BCUT2D eigenvalue weighted by Crippen LogP contribution is 2.06. The van der Waals surface area contributed by atoms with E-state index in [0.717, 1.165) is 25.9 Å². The van der Waals surface area contributed by atoms with Crippen molar-refractivity contribution in [1.29, 1.82) is 0 Å². The zero-order valence-electron chi connectivity index (χ0n) is 11.2. The van der Waals surface area contributed by atoms with E-state index in [0.29, 0.717) is 13.0 Å². The number of carboxylic acids is 1. The van der Waals surface area contributed by atoms with E-state index >= 15 is 0 Å². The van der Waals surface area contributed by atoms with Crippen LogP contribution in [0.3, 0.4) is 0 Å². The maximum atomic E-state index is 11.7. The van der Waals surface area contributed by atoms with Crippen LogP contribution >= 0.6 is 0 Å².